The van der Waals surface area contributed by atoms with E-state index in [4.69, 9.17) is 5.26 Å². The first-order chi connectivity index (χ1) is 6.70. The maximum Gasteiger partial charge on any atom is 0.124 e. The number of benzene rings is 1. The van der Waals surface area contributed by atoms with E-state index in [-0.39, 0.29) is 12.2 Å². The van der Waals surface area contributed by atoms with Crippen molar-refractivity contribution in [3.05, 3.63) is 29.6 Å². The number of fused-ring (bicyclic) bond motifs is 1. The molecule has 2 rings (SSSR count). The Balaban J connectivity index is 2.74. The van der Waals surface area contributed by atoms with Crippen LogP contribution in [0.1, 0.15) is 5.56 Å². The molecule has 0 amide bonds. The van der Waals surface area contributed by atoms with Crippen LogP contribution in [0, 0.1) is 17.1 Å². The molecule has 0 radical (unpaired) electrons. The van der Waals surface area contributed by atoms with Crippen molar-refractivity contribution in [1.29, 1.82) is 5.26 Å². The van der Waals surface area contributed by atoms with E-state index in [9.17, 15) is 4.39 Å². The first-order valence-electron chi connectivity index (χ1n) is 3.98. The van der Waals surface area contributed by atoms with E-state index in [2.05, 4.69) is 12.6 Å². The molecule has 14 heavy (non-hydrogen) atoms. The monoisotopic (exact) mass is 223 g/mol. The highest BCUT2D eigenvalue weighted by Gasteiger charge is 2.07. The van der Waals surface area contributed by atoms with Gasteiger partial charge in [0.25, 0.3) is 0 Å². The smallest absolute Gasteiger partial charge is 0.124 e. The van der Waals surface area contributed by atoms with Gasteiger partial charge in [0.1, 0.15) is 5.82 Å². The number of hydrogen-bond acceptors (Lipinski definition) is 3. The summed E-state index contributed by atoms with van der Waals surface area (Å²) in [6.45, 7) is 0. The fourth-order valence-electron chi connectivity index (χ4n) is 1.39. The van der Waals surface area contributed by atoms with Gasteiger partial charge in [0, 0.05) is 4.70 Å². The van der Waals surface area contributed by atoms with Crippen molar-refractivity contribution in [3.63, 3.8) is 0 Å². The van der Waals surface area contributed by atoms with Gasteiger partial charge in [-0.1, -0.05) is 0 Å². The average molecular weight is 223 g/mol. The fraction of sp³-hybridized carbons (Fsp3) is 0.100. The molecule has 0 bridgehead atoms. The third-order valence-electron chi connectivity index (χ3n) is 1.91. The van der Waals surface area contributed by atoms with Gasteiger partial charge in [-0.3, -0.25) is 0 Å². The Morgan fingerprint density at radius 2 is 2.21 bits per heavy atom. The Labute approximate surface area is 90.2 Å². The zero-order valence-corrected chi connectivity index (χ0v) is 8.83. The lowest BCUT2D eigenvalue weighted by molar-refractivity contribution is 0.628. The quantitative estimate of drug-likeness (QED) is 0.736. The Morgan fingerprint density at radius 3 is 2.93 bits per heavy atom. The van der Waals surface area contributed by atoms with Crippen LogP contribution < -0.4 is 0 Å². The summed E-state index contributed by atoms with van der Waals surface area (Å²) >= 11 is 5.68. The lowest BCUT2D eigenvalue weighted by Crippen LogP contribution is -1.83. The van der Waals surface area contributed by atoms with Gasteiger partial charge in [0.15, 0.2) is 0 Å². The second-order valence-electron chi connectivity index (χ2n) is 2.90. The van der Waals surface area contributed by atoms with Crippen LogP contribution in [0.4, 0.5) is 4.39 Å². The van der Waals surface area contributed by atoms with Crippen molar-refractivity contribution in [1.82, 2.24) is 0 Å². The molecule has 0 fully saturated rings. The number of nitriles is 1. The molecule has 0 atom stereocenters. The van der Waals surface area contributed by atoms with Crippen molar-refractivity contribution >= 4 is 34.1 Å². The van der Waals surface area contributed by atoms with E-state index >= 15 is 0 Å². The summed E-state index contributed by atoms with van der Waals surface area (Å²) in [5.41, 5.74) is 0.743. The molecule has 0 spiro atoms. The summed E-state index contributed by atoms with van der Waals surface area (Å²) in [5.74, 6) is -0.297. The summed E-state index contributed by atoms with van der Waals surface area (Å²) in [4.78, 5) is 0. The van der Waals surface area contributed by atoms with E-state index < -0.39 is 0 Å². The molecule has 4 heteroatoms. The van der Waals surface area contributed by atoms with Crippen LogP contribution in [0.25, 0.3) is 10.1 Å². The average Bonchev–Trinajstić information content (AvgIpc) is 2.45. The van der Waals surface area contributed by atoms with E-state index in [0.29, 0.717) is 0 Å². The third kappa shape index (κ3) is 1.61. The van der Waals surface area contributed by atoms with E-state index in [1.54, 1.807) is 0 Å². The molecule has 0 saturated heterocycles. The molecule has 1 heterocycles. The zero-order valence-electron chi connectivity index (χ0n) is 7.12. The summed E-state index contributed by atoms with van der Waals surface area (Å²) < 4.78 is 14.9. The Morgan fingerprint density at radius 1 is 1.43 bits per heavy atom. The first-order valence-corrected chi connectivity index (χ1v) is 5.25. The van der Waals surface area contributed by atoms with Gasteiger partial charge in [-0.2, -0.15) is 5.26 Å². The minimum atomic E-state index is -0.297. The second-order valence-corrected chi connectivity index (χ2v) is 4.74. The van der Waals surface area contributed by atoms with Gasteiger partial charge in [-0.25, -0.2) is 4.39 Å². The van der Waals surface area contributed by atoms with Gasteiger partial charge >= 0.3 is 0 Å². The van der Waals surface area contributed by atoms with Crippen LogP contribution in [0.3, 0.4) is 0 Å². The number of thiol groups is 1. The van der Waals surface area contributed by atoms with Crippen molar-refractivity contribution in [3.8, 4) is 6.07 Å². The predicted octanol–water partition coefficient (Wildman–Crippen LogP) is 3.40. The molecule has 0 aliphatic carbocycles. The first kappa shape index (κ1) is 9.50. The van der Waals surface area contributed by atoms with Crippen LogP contribution in [-0.4, -0.2) is 0 Å². The van der Waals surface area contributed by atoms with Gasteiger partial charge < -0.3 is 0 Å². The number of nitrogens with zero attached hydrogens (tertiary/aromatic N) is 1. The third-order valence-corrected chi connectivity index (χ3v) is 3.35. The standard InChI is InChI=1S/C10H6FNS2/c11-8-3-6(1-2-12)10-7(4-8)5-9(13)14-10/h3-5,13H,1H2. The number of thiophene rings is 1. The molecule has 0 saturated carbocycles. The molecule has 0 N–H and O–H groups in total. The largest absolute Gasteiger partial charge is 0.207 e. The molecule has 1 aromatic heterocycles. The van der Waals surface area contributed by atoms with Gasteiger partial charge in [-0.15, -0.1) is 24.0 Å². The van der Waals surface area contributed by atoms with Crippen LogP contribution in [0.15, 0.2) is 22.4 Å². The lowest BCUT2D eigenvalue weighted by Gasteiger charge is -1.97. The summed E-state index contributed by atoms with van der Waals surface area (Å²) in [6, 6.07) is 6.72. The van der Waals surface area contributed by atoms with Gasteiger partial charge in [0.2, 0.25) is 0 Å². The van der Waals surface area contributed by atoms with Crippen LogP contribution in [0.2, 0.25) is 0 Å². The Bertz CT molecular complexity index is 525. The van der Waals surface area contributed by atoms with Gasteiger partial charge in [0.05, 0.1) is 16.7 Å². The molecule has 0 aliphatic rings. The van der Waals surface area contributed by atoms with Crippen molar-refractivity contribution in [2.75, 3.05) is 0 Å². The fourth-order valence-corrected chi connectivity index (χ4v) is 2.69. The SMILES string of the molecule is N#CCc1cc(F)cc2cc(S)sc12. The molecule has 1 aromatic carbocycles. The summed E-state index contributed by atoms with van der Waals surface area (Å²) in [6.07, 6.45) is 0.238. The number of rotatable bonds is 1. The molecule has 2 aromatic rings. The Kier molecular flexibility index (Phi) is 2.44. The molecular weight excluding hydrogens is 217 g/mol. The second kappa shape index (κ2) is 3.60. The highest BCUT2D eigenvalue weighted by Crippen LogP contribution is 2.31. The van der Waals surface area contributed by atoms with E-state index in [1.165, 1.54) is 23.5 Å². The highest BCUT2D eigenvalue weighted by atomic mass is 32.2. The van der Waals surface area contributed by atoms with Crippen molar-refractivity contribution < 1.29 is 4.39 Å². The molecule has 70 valence electrons. The van der Waals surface area contributed by atoms with E-state index in [0.717, 1.165) is 19.9 Å². The number of halogens is 1. The van der Waals surface area contributed by atoms with E-state index in [1.807, 2.05) is 12.1 Å². The minimum Gasteiger partial charge on any atom is -0.207 e. The lowest BCUT2D eigenvalue weighted by atomic mass is 10.1. The van der Waals surface area contributed by atoms with Crippen LogP contribution in [0.5, 0.6) is 0 Å². The van der Waals surface area contributed by atoms with Crippen molar-refractivity contribution in [2.45, 2.75) is 10.6 Å². The van der Waals surface area contributed by atoms with Crippen LogP contribution >= 0.6 is 24.0 Å². The predicted molar refractivity (Wildman–Crippen MR) is 58.4 cm³/mol. The zero-order chi connectivity index (χ0) is 10.1. The maximum absolute atomic E-state index is 13.1. The maximum atomic E-state index is 13.1. The minimum absolute atomic E-state index is 0.238. The topological polar surface area (TPSA) is 23.8 Å². The van der Waals surface area contributed by atoms with Crippen LogP contribution in [-0.2, 0) is 6.42 Å². The van der Waals surface area contributed by atoms with Gasteiger partial charge in [-0.05, 0) is 29.1 Å². The van der Waals surface area contributed by atoms with Crippen molar-refractivity contribution in [2.24, 2.45) is 0 Å². The number of hydrogen-bond donors (Lipinski definition) is 1. The Hall–Kier alpha value is -1.05. The molecule has 0 aliphatic heterocycles. The summed E-state index contributed by atoms with van der Waals surface area (Å²) in [7, 11) is 0. The highest BCUT2D eigenvalue weighted by molar-refractivity contribution is 7.83. The molecule has 0 unspecified atom stereocenters. The normalized spacial score (nSPS) is 10.4. The molecular formula is C10H6FNS2. The molecule has 1 nitrogen and oxygen atoms in total. The summed E-state index contributed by atoms with van der Waals surface area (Å²) in [5, 5.41) is 9.41.